The molecule has 1 aliphatic rings. The normalized spacial score (nSPS) is 17.8. The van der Waals surface area contributed by atoms with Gasteiger partial charge in [0.25, 0.3) is 0 Å². The van der Waals surface area contributed by atoms with Crippen molar-refractivity contribution in [1.29, 1.82) is 0 Å². The van der Waals surface area contributed by atoms with Crippen molar-refractivity contribution < 1.29 is 0 Å². The van der Waals surface area contributed by atoms with Crippen LogP contribution >= 0.6 is 0 Å². The van der Waals surface area contributed by atoms with Gasteiger partial charge in [0.1, 0.15) is 0 Å². The van der Waals surface area contributed by atoms with Gasteiger partial charge in [-0.15, -0.1) is 0 Å². The summed E-state index contributed by atoms with van der Waals surface area (Å²) >= 11 is 0. The molecular weight excluding hydrogens is 256 g/mol. The van der Waals surface area contributed by atoms with Crippen LogP contribution in [0.15, 0.2) is 24.3 Å². The third-order valence-corrected chi connectivity index (χ3v) is 4.79. The first-order valence-electron chi connectivity index (χ1n) is 8.71. The van der Waals surface area contributed by atoms with Gasteiger partial charge in [0, 0.05) is 25.2 Å². The second-order valence-electron chi connectivity index (χ2n) is 6.83. The largest absolute Gasteiger partial charge is 0.329 e. The maximum Gasteiger partial charge on any atom is 0.0476 e. The quantitative estimate of drug-likeness (QED) is 0.816. The first-order valence-corrected chi connectivity index (χ1v) is 8.71. The number of nitrogens with two attached hydrogens (primary N) is 1. The highest BCUT2D eigenvalue weighted by atomic mass is 15.2. The van der Waals surface area contributed by atoms with E-state index in [9.17, 15) is 0 Å². The number of nitrogens with zero attached hydrogens (tertiary/aromatic N) is 1. The summed E-state index contributed by atoms with van der Waals surface area (Å²) in [5, 5.41) is 0. The van der Waals surface area contributed by atoms with E-state index in [4.69, 9.17) is 5.73 Å². The molecule has 0 aromatic heterocycles. The fourth-order valence-corrected chi connectivity index (χ4v) is 3.81. The lowest BCUT2D eigenvalue weighted by molar-refractivity contribution is 0.121. The van der Waals surface area contributed by atoms with Crippen LogP contribution in [0.3, 0.4) is 0 Å². The number of benzene rings is 1. The summed E-state index contributed by atoms with van der Waals surface area (Å²) in [6.45, 7) is 8.77. The van der Waals surface area contributed by atoms with E-state index in [0.29, 0.717) is 12.0 Å². The Balaban J connectivity index is 2.29. The fraction of sp³-hybridized carbons (Fsp3) is 0.684. The Hall–Kier alpha value is -0.860. The van der Waals surface area contributed by atoms with E-state index in [1.165, 1.54) is 36.8 Å². The van der Waals surface area contributed by atoms with Gasteiger partial charge in [-0.2, -0.15) is 0 Å². The fourth-order valence-electron chi connectivity index (χ4n) is 3.81. The molecule has 1 unspecified atom stereocenters. The minimum atomic E-state index is 0.381. The van der Waals surface area contributed by atoms with E-state index < -0.39 is 0 Å². The van der Waals surface area contributed by atoms with Gasteiger partial charge in [-0.1, -0.05) is 57.9 Å². The molecule has 118 valence electrons. The zero-order valence-electron chi connectivity index (χ0n) is 14.0. The minimum Gasteiger partial charge on any atom is -0.329 e. The molecule has 1 saturated carbocycles. The third-order valence-electron chi connectivity index (χ3n) is 4.79. The van der Waals surface area contributed by atoms with Crippen LogP contribution < -0.4 is 5.73 Å². The van der Waals surface area contributed by atoms with Crippen LogP contribution in [0.2, 0.25) is 0 Å². The molecule has 21 heavy (non-hydrogen) atoms. The molecule has 2 nitrogen and oxygen atoms in total. The highest BCUT2D eigenvalue weighted by Gasteiger charge is 2.30. The van der Waals surface area contributed by atoms with E-state index in [1.807, 2.05) is 0 Å². The van der Waals surface area contributed by atoms with Crippen LogP contribution in [0.5, 0.6) is 0 Å². The maximum absolute atomic E-state index is 6.23. The topological polar surface area (TPSA) is 29.3 Å². The molecule has 0 amide bonds. The average Bonchev–Trinajstić information content (AvgIpc) is 3.01. The second-order valence-corrected chi connectivity index (χ2v) is 6.83. The van der Waals surface area contributed by atoms with Gasteiger partial charge in [-0.25, -0.2) is 0 Å². The van der Waals surface area contributed by atoms with Crippen LogP contribution in [0.1, 0.15) is 63.6 Å². The molecule has 1 aromatic rings. The number of aryl methyl sites for hydroxylation is 1. The van der Waals surface area contributed by atoms with Gasteiger partial charge in [-0.3, -0.25) is 4.90 Å². The molecule has 0 aliphatic heterocycles. The van der Waals surface area contributed by atoms with Gasteiger partial charge in [0.2, 0.25) is 0 Å². The van der Waals surface area contributed by atoms with Gasteiger partial charge in [-0.05, 0) is 36.3 Å². The highest BCUT2D eigenvalue weighted by Crippen LogP contribution is 2.32. The molecule has 1 aromatic carbocycles. The zero-order valence-corrected chi connectivity index (χ0v) is 14.0. The number of hydrogen-bond acceptors (Lipinski definition) is 2. The van der Waals surface area contributed by atoms with Gasteiger partial charge >= 0.3 is 0 Å². The van der Waals surface area contributed by atoms with Crippen molar-refractivity contribution in [2.75, 3.05) is 13.1 Å². The van der Waals surface area contributed by atoms with Crippen molar-refractivity contribution in [3.8, 4) is 0 Å². The van der Waals surface area contributed by atoms with Crippen LogP contribution in [-0.4, -0.2) is 24.0 Å². The predicted octanol–water partition coefficient (Wildman–Crippen LogP) is 4.15. The van der Waals surface area contributed by atoms with E-state index in [2.05, 4.69) is 49.9 Å². The molecule has 2 heteroatoms. The number of hydrogen-bond donors (Lipinski definition) is 1. The Labute approximate surface area is 130 Å². The Bertz CT molecular complexity index is 421. The van der Waals surface area contributed by atoms with Crippen molar-refractivity contribution in [3.63, 3.8) is 0 Å². The monoisotopic (exact) mass is 288 g/mol. The smallest absolute Gasteiger partial charge is 0.0476 e. The summed E-state index contributed by atoms with van der Waals surface area (Å²) in [4.78, 5) is 2.71. The lowest BCUT2D eigenvalue weighted by Crippen LogP contribution is -2.42. The predicted molar refractivity (Wildman–Crippen MR) is 91.4 cm³/mol. The van der Waals surface area contributed by atoms with Crippen LogP contribution in [0, 0.1) is 5.92 Å². The zero-order chi connectivity index (χ0) is 15.2. The first-order chi connectivity index (χ1) is 10.2. The van der Waals surface area contributed by atoms with Crippen molar-refractivity contribution >= 4 is 0 Å². The lowest BCUT2D eigenvalue weighted by Gasteiger charge is -2.38. The minimum absolute atomic E-state index is 0.381. The van der Waals surface area contributed by atoms with Crippen LogP contribution in [0.25, 0.3) is 0 Å². The van der Waals surface area contributed by atoms with Crippen LogP contribution in [-0.2, 0) is 6.42 Å². The van der Waals surface area contributed by atoms with Crippen molar-refractivity contribution in [2.45, 2.75) is 65.0 Å². The Morgan fingerprint density at radius 1 is 1.19 bits per heavy atom. The molecule has 1 aliphatic carbocycles. The highest BCUT2D eigenvalue weighted by molar-refractivity contribution is 5.30. The van der Waals surface area contributed by atoms with E-state index in [-0.39, 0.29) is 0 Å². The van der Waals surface area contributed by atoms with Gasteiger partial charge < -0.3 is 5.73 Å². The molecule has 0 radical (unpaired) electrons. The summed E-state index contributed by atoms with van der Waals surface area (Å²) in [6, 6.07) is 9.98. The molecule has 0 heterocycles. The molecule has 2 N–H and O–H groups in total. The molecule has 0 bridgehead atoms. The molecule has 0 saturated heterocycles. The van der Waals surface area contributed by atoms with E-state index in [0.717, 1.165) is 25.6 Å². The summed E-state index contributed by atoms with van der Waals surface area (Å²) in [5.74, 6) is 0.688. The second kappa shape index (κ2) is 7.95. The van der Waals surface area contributed by atoms with Gasteiger partial charge in [0.15, 0.2) is 0 Å². The average molecular weight is 288 g/mol. The molecule has 1 atom stereocenters. The van der Waals surface area contributed by atoms with Gasteiger partial charge in [0.05, 0.1) is 0 Å². The molecule has 0 spiro atoms. The first kappa shape index (κ1) is 16.5. The number of rotatable bonds is 7. The molecule has 2 rings (SSSR count). The standard InChI is InChI=1S/C19H32N2/c1-4-16-9-5-8-12-18(16)19(13-20)21(14-15(2)3)17-10-6-7-11-17/h5,8-9,12,15,17,19H,4,6-7,10-11,13-14,20H2,1-3H3. The Morgan fingerprint density at radius 2 is 1.86 bits per heavy atom. The SMILES string of the molecule is CCc1ccccc1C(CN)N(CC(C)C)C1CCCC1. The van der Waals surface area contributed by atoms with E-state index >= 15 is 0 Å². The van der Waals surface area contributed by atoms with Crippen LogP contribution in [0.4, 0.5) is 0 Å². The molecule has 1 fully saturated rings. The van der Waals surface area contributed by atoms with Crippen molar-refractivity contribution in [1.82, 2.24) is 4.90 Å². The summed E-state index contributed by atoms with van der Waals surface area (Å²) in [5.41, 5.74) is 9.14. The Kier molecular flexibility index (Phi) is 6.25. The summed E-state index contributed by atoms with van der Waals surface area (Å²) in [7, 11) is 0. The summed E-state index contributed by atoms with van der Waals surface area (Å²) in [6.07, 6.45) is 6.54. The molecular formula is C19H32N2. The summed E-state index contributed by atoms with van der Waals surface area (Å²) < 4.78 is 0. The van der Waals surface area contributed by atoms with E-state index in [1.54, 1.807) is 0 Å². The lowest BCUT2D eigenvalue weighted by atomic mass is 9.95. The maximum atomic E-state index is 6.23. The van der Waals surface area contributed by atoms with Crippen molar-refractivity contribution in [3.05, 3.63) is 35.4 Å². The third kappa shape index (κ3) is 4.08. The van der Waals surface area contributed by atoms with Crippen molar-refractivity contribution in [2.24, 2.45) is 11.7 Å². The Morgan fingerprint density at radius 3 is 2.43 bits per heavy atom.